The molecule has 46 heavy (non-hydrogen) atoms. The van der Waals surface area contributed by atoms with E-state index in [9.17, 15) is 28.7 Å². The summed E-state index contributed by atoms with van der Waals surface area (Å²) in [6, 6.07) is 15.4. The number of rotatable bonds is 5. The molecule has 0 unspecified atom stereocenters. The molecule has 2 aromatic carbocycles. The second-order valence-corrected chi connectivity index (χ2v) is 14.0. The van der Waals surface area contributed by atoms with E-state index < -0.39 is 58.2 Å². The zero-order chi connectivity index (χ0) is 32.7. The highest BCUT2D eigenvalue weighted by Crippen LogP contribution is 2.64. The number of furan rings is 1. The van der Waals surface area contributed by atoms with Gasteiger partial charge in [0.2, 0.25) is 11.8 Å². The molecule has 0 bridgehead atoms. The van der Waals surface area contributed by atoms with E-state index in [1.165, 1.54) is 29.2 Å². The Bertz CT molecular complexity index is 1800. The molecule has 11 heteroatoms. The number of amides is 4. The molecule has 3 heterocycles. The molecule has 6 atom stereocenters. The first-order chi connectivity index (χ1) is 21.9. The van der Waals surface area contributed by atoms with Crippen LogP contribution in [0.2, 0.25) is 5.02 Å². The Labute approximate surface area is 270 Å². The van der Waals surface area contributed by atoms with Crippen LogP contribution in [0.15, 0.2) is 76.7 Å². The third kappa shape index (κ3) is 4.30. The third-order valence-electron chi connectivity index (χ3n) is 10.0. The molecular formula is C35H33ClFN3O6. The lowest BCUT2D eigenvalue weighted by Gasteiger charge is -2.49. The van der Waals surface area contributed by atoms with E-state index >= 15 is 0 Å². The molecule has 2 aliphatic carbocycles. The molecule has 9 nitrogen and oxygen atoms in total. The fraction of sp³-hybridized carbons (Fsp3) is 0.371. The lowest BCUT2D eigenvalue weighted by Crippen LogP contribution is -2.53. The third-order valence-corrected chi connectivity index (χ3v) is 10.3. The topological polar surface area (TPSA) is 120 Å². The lowest BCUT2D eigenvalue weighted by molar-refractivity contribution is -0.146. The van der Waals surface area contributed by atoms with Crippen LogP contribution < -0.4 is 5.43 Å². The molecule has 1 saturated carbocycles. The Morgan fingerprint density at radius 2 is 1.65 bits per heavy atom. The highest BCUT2D eigenvalue weighted by Gasteiger charge is 2.71. The van der Waals surface area contributed by atoms with Crippen molar-refractivity contribution < 1.29 is 33.1 Å². The Kier molecular flexibility index (Phi) is 7.02. The van der Waals surface area contributed by atoms with Gasteiger partial charge in [0.25, 0.3) is 11.8 Å². The van der Waals surface area contributed by atoms with E-state index in [2.05, 4.69) is 5.43 Å². The number of aliphatic hydroxyl groups is 1. The number of likely N-dealkylation sites (tertiary alicyclic amines) is 1. The fourth-order valence-corrected chi connectivity index (χ4v) is 8.39. The minimum atomic E-state index is -1.54. The van der Waals surface area contributed by atoms with Crippen molar-refractivity contribution in [2.45, 2.75) is 57.1 Å². The van der Waals surface area contributed by atoms with Crippen molar-refractivity contribution in [1.82, 2.24) is 9.91 Å². The first-order valence-corrected chi connectivity index (χ1v) is 15.7. The van der Waals surface area contributed by atoms with Crippen molar-refractivity contribution in [3.63, 3.8) is 0 Å². The Morgan fingerprint density at radius 3 is 2.28 bits per heavy atom. The number of nitrogens with zero attached hydrogens (tertiary/aromatic N) is 2. The first kappa shape index (κ1) is 30.4. The molecule has 4 aliphatic rings. The van der Waals surface area contributed by atoms with E-state index in [-0.39, 0.29) is 30.6 Å². The summed E-state index contributed by atoms with van der Waals surface area (Å²) in [5, 5.41) is 11.3. The van der Waals surface area contributed by atoms with E-state index in [1.54, 1.807) is 36.4 Å². The number of carbonyl (C=O) groups is 4. The summed E-state index contributed by atoms with van der Waals surface area (Å²) in [4.78, 5) is 58.6. The quantitative estimate of drug-likeness (QED) is 0.284. The predicted molar refractivity (Wildman–Crippen MR) is 165 cm³/mol. The van der Waals surface area contributed by atoms with Crippen LogP contribution in [-0.4, -0.2) is 44.2 Å². The van der Waals surface area contributed by atoms with Gasteiger partial charge < -0.3 is 9.52 Å². The van der Waals surface area contributed by atoms with E-state index in [0.29, 0.717) is 28.5 Å². The number of fused-ring (bicyclic) bond motifs is 4. The molecule has 0 spiro atoms. The van der Waals surface area contributed by atoms with Gasteiger partial charge in [0.1, 0.15) is 29.4 Å². The number of anilines is 1. The number of allylic oxidation sites excluding steroid dienone is 2. The van der Waals surface area contributed by atoms with Crippen molar-refractivity contribution in [2.24, 2.45) is 23.7 Å². The molecular weight excluding hydrogens is 613 g/mol. The summed E-state index contributed by atoms with van der Waals surface area (Å²) in [5.74, 6) is -5.12. The van der Waals surface area contributed by atoms with Crippen LogP contribution in [0.4, 0.5) is 10.1 Å². The van der Waals surface area contributed by atoms with Crippen LogP contribution in [0, 0.1) is 29.5 Å². The van der Waals surface area contributed by atoms with Crippen LogP contribution in [0.25, 0.3) is 0 Å². The minimum absolute atomic E-state index is 0.128. The molecule has 1 aromatic heterocycles. The summed E-state index contributed by atoms with van der Waals surface area (Å²) in [6.45, 7) is 5.08. The summed E-state index contributed by atoms with van der Waals surface area (Å²) >= 11 is 6.30. The van der Waals surface area contributed by atoms with Gasteiger partial charge in [-0.1, -0.05) is 35.4 Å². The second kappa shape index (κ2) is 10.6. The van der Waals surface area contributed by atoms with Gasteiger partial charge >= 0.3 is 0 Å². The molecule has 3 fully saturated rings. The Morgan fingerprint density at radius 1 is 0.957 bits per heavy atom. The smallest absolute Gasteiger partial charge is 0.260 e. The first-order valence-electron chi connectivity index (χ1n) is 15.3. The van der Waals surface area contributed by atoms with Crippen LogP contribution >= 0.6 is 11.6 Å². The SMILES string of the molecule is CC(C)(C)N1C(=O)[C@H]2[C@H](CC=C3[C@H]2C[C@H]2C(=O)N(Nc4ccc(F)cc4)C(=O)[C@@]2(c2ccc(Cl)cc2)[C@H]3c2ccc(CO)o2)C1=O. The number of hydrogen-bond acceptors (Lipinski definition) is 7. The second-order valence-electron chi connectivity index (χ2n) is 13.5. The number of hydrogen-bond donors (Lipinski definition) is 2. The highest BCUT2D eigenvalue weighted by atomic mass is 35.5. The number of aliphatic hydroxyl groups excluding tert-OH is 1. The molecule has 0 radical (unpaired) electrons. The number of benzene rings is 2. The van der Waals surface area contributed by atoms with Gasteiger partial charge in [0, 0.05) is 10.6 Å². The normalized spacial score (nSPS) is 29.1. The average molecular weight is 646 g/mol. The van der Waals surface area contributed by atoms with Gasteiger partial charge in [-0.15, -0.1) is 0 Å². The number of carbonyl (C=O) groups excluding carboxylic acids is 4. The minimum Gasteiger partial charge on any atom is -0.463 e. The van der Waals surface area contributed by atoms with E-state index in [4.69, 9.17) is 16.0 Å². The maximum absolute atomic E-state index is 15.0. The number of hydrazine groups is 1. The maximum atomic E-state index is 15.0. The van der Waals surface area contributed by atoms with E-state index in [0.717, 1.165) is 10.6 Å². The van der Waals surface area contributed by atoms with E-state index in [1.807, 2.05) is 26.8 Å². The van der Waals surface area contributed by atoms with Crippen molar-refractivity contribution in [2.75, 3.05) is 5.43 Å². The van der Waals surface area contributed by atoms with Crippen molar-refractivity contribution in [1.29, 1.82) is 0 Å². The van der Waals surface area contributed by atoms with Gasteiger partial charge in [-0.3, -0.25) is 29.5 Å². The largest absolute Gasteiger partial charge is 0.463 e. The van der Waals surface area contributed by atoms with Crippen LogP contribution in [0.3, 0.4) is 0 Å². The van der Waals surface area contributed by atoms with Crippen LogP contribution in [-0.2, 0) is 31.2 Å². The van der Waals surface area contributed by atoms with Crippen LogP contribution in [0.5, 0.6) is 0 Å². The molecule has 2 aliphatic heterocycles. The van der Waals surface area contributed by atoms with Gasteiger partial charge in [-0.2, -0.15) is 5.01 Å². The highest BCUT2D eigenvalue weighted by molar-refractivity contribution is 6.30. The van der Waals surface area contributed by atoms with Gasteiger partial charge in [-0.25, -0.2) is 4.39 Å². The van der Waals surface area contributed by atoms with Gasteiger partial charge in [0.05, 0.1) is 29.4 Å². The summed E-state index contributed by atoms with van der Waals surface area (Å²) < 4.78 is 19.9. The van der Waals surface area contributed by atoms with Gasteiger partial charge in [0.15, 0.2) is 0 Å². The molecule has 238 valence electrons. The lowest BCUT2D eigenvalue weighted by atomic mass is 9.50. The predicted octanol–water partition coefficient (Wildman–Crippen LogP) is 5.35. The average Bonchev–Trinajstić information content (AvgIpc) is 3.66. The zero-order valence-electron chi connectivity index (χ0n) is 25.5. The molecule has 2 N–H and O–H groups in total. The molecule has 4 amide bonds. The molecule has 2 saturated heterocycles. The fourth-order valence-electron chi connectivity index (χ4n) is 8.26. The van der Waals surface area contributed by atoms with Crippen molar-refractivity contribution >= 4 is 40.9 Å². The van der Waals surface area contributed by atoms with Crippen LogP contribution in [0.1, 0.15) is 56.6 Å². The molecule has 7 rings (SSSR count). The summed E-state index contributed by atoms with van der Waals surface area (Å²) in [5.41, 5.74) is 2.24. The number of imide groups is 2. The Balaban J connectivity index is 1.44. The van der Waals surface area contributed by atoms with Crippen molar-refractivity contribution in [3.05, 3.63) is 100 Å². The summed E-state index contributed by atoms with van der Waals surface area (Å²) in [6.07, 6.45) is 2.36. The number of halogens is 2. The maximum Gasteiger partial charge on any atom is 0.260 e. The summed E-state index contributed by atoms with van der Waals surface area (Å²) in [7, 11) is 0. The van der Waals surface area contributed by atoms with Gasteiger partial charge in [-0.05, 0) is 93.6 Å². The zero-order valence-corrected chi connectivity index (χ0v) is 26.3. The number of nitrogens with one attached hydrogen (secondary N) is 1. The Hall–Kier alpha value is -4.28. The standard InChI is InChI=1S/C35H33ClFN3O6/c1-34(2,3)39-30(42)24-14-13-23-25(28(24)32(39)44)16-26-31(43)40(38-21-10-8-20(37)9-11-21)33(45)35(26,18-4-6-19(36)7-5-18)29(23)27-15-12-22(17-41)46-27/h4-13,15,24-26,28-29,38,41H,14,16-17H2,1-3H3/t24-,25+,26-,28-,29+,35+/m0/s1. The molecule has 3 aromatic rings. The van der Waals surface area contributed by atoms with Crippen molar-refractivity contribution in [3.8, 4) is 0 Å². The monoisotopic (exact) mass is 645 g/mol.